The summed E-state index contributed by atoms with van der Waals surface area (Å²) >= 11 is 0. The molecule has 2 rings (SSSR count). The molecule has 0 aromatic heterocycles. The van der Waals surface area contributed by atoms with Crippen LogP contribution in [0, 0.1) is 6.92 Å². The summed E-state index contributed by atoms with van der Waals surface area (Å²) in [5, 5.41) is 9.55. The summed E-state index contributed by atoms with van der Waals surface area (Å²) in [6.45, 7) is 4.36. The van der Waals surface area contributed by atoms with Crippen molar-refractivity contribution >= 4 is 17.6 Å². The molecule has 0 saturated carbocycles. The Morgan fingerprint density at radius 3 is 2.61 bits per heavy atom. The van der Waals surface area contributed by atoms with Gasteiger partial charge >= 0.3 is 5.97 Å². The summed E-state index contributed by atoms with van der Waals surface area (Å²) < 4.78 is 10.7. The lowest BCUT2D eigenvalue weighted by molar-refractivity contribution is -0.130. The Balaban J connectivity index is 2.44. The number of hydrogen-bond acceptors (Lipinski definition) is 3. The number of carbonyl (C=O) groups is 1. The van der Waals surface area contributed by atoms with Gasteiger partial charge in [-0.15, -0.1) is 0 Å². The molecule has 0 saturated heterocycles. The van der Waals surface area contributed by atoms with Crippen LogP contribution in [0.2, 0.25) is 0 Å². The Hall–Kier alpha value is -2.75. The summed E-state index contributed by atoms with van der Waals surface area (Å²) in [4.78, 5) is 11.6. The third-order valence-electron chi connectivity index (χ3n) is 3.42. The van der Waals surface area contributed by atoms with Crippen LogP contribution in [0.3, 0.4) is 0 Å². The van der Waals surface area contributed by atoms with E-state index >= 15 is 0 Å². The van der Waals surface area contributed by atoms with Gasteiger partial charge in [0.25, 0.3) is 0 Å². The fourth-order valence-corrected chi connectivity index (χ4v) is 2.34. The van der Waals surface area contributed by atoms with Crippen LogP contribution in [0.15, 0.2) is 42.5 Å². The molecule has 0 bridgehead atoms. The van der Waals surface area contributed by atoms with Crippen molar-refractivity contribution in [3.05, 3.63) is 59.2 Å². The van der Waals surface area contributed by atoms with Crippen LogP contribution in [-0.4, -0.2) is 24.8 Å². The zero-order valence-electron chi connectivity index (χ0n) is 13.5. The monoisotopic (exact) mass is 312 g/mol. The van der Waals surface area contributed by atoms with Crippen LogP contribution in [0.5, 0.6) is 11.5 Å². The molecular formula is C19H20O4. The van der Waals surface area contributed by atoms with Crippen LogP contribution < -0.4 is 9.47 Å². The quantitative estimate of drug-likeness (QED) is 0.646. The van der Waals surface area contributed by atoms with Crippen molar-refractivity contribution in [1.29, 1.82) is 0 Å². The van der Waals surface area contributed by atoms with Crippen LogP contribution >= 0.6 is 0 Å². The molecule has 2 aromatic carbocycles. The fraction of sp³-hybridized carbons (Fsp3) is 0.211. The van der Waals surface area contributed by atoms with E-state index in [-0.39, 0.29) is 5.57 Å². The average molecular weight is 312 g/mol. The van der Waals surface area contributed by atoms with Gasteiger partial charge in [-0.25, -0.2) is 4.79 Å². The third-order valence-corrected chi connectivity index (χ3v) is 3.42. The number of aliphatic carboxylic acids is 1. The minimum absolute atomic E-state index is 0.226. The topological polar surface area (TPSA) is 55.8 Å². The standard InChI is InChI=1S/C19H20O4/c1-4-23-16-7-5-6-14(11-16)12-17(19(20)21)15-8-9-18(22-3)13(2)10-15/h5-12H,4H2,1-3H3,(H,20,21)/b17-12-. The van der Waals surface area contributed by atoms with Gasteiger partial charge in [0, 0.05) is 0 Å². The molecule has 23 heavy (non-hydrogen) atoms. The number of methoxy groups -OCH3 is 1. The molecule has 0 aliphatic heterocycles. The van der Waals surface area contributed by atoms with Gasteiger partial charge in [-0.1, -0.05) is 18.2 Å². The minimum atomic E-state index is -0.976. The Morgan fingerprint density at radius 2 is 2.00 bits per heavy atom. The number of carboxylic acids is 1. The summed E-state index contributed by atoms with van der Waals surface area (Å²) in [6.07, 6.45) is 1.64. The lowest BCUT2D eigenvalue weighted by Gasteiger charge is -2.09. The number of ether oxygens (including phenoxy) is 2. The van der Waals surface area contributed by atoms with Crippen molar-refractivity contribution in [3.8, 4) is 11.5 Å². The number of carboxylic acid groups (broad SMARTS) is 1. The van der Waals surface area contributed by atoms with Crippen molar-refractivity contribution < 1.29 is 19.4 Å². The molecule has 0 radical (unpaired) electrons. The van der Waals surface area contributed by atoms with Crippen molar-refractivity contribution in [1.82, 2.24) is 0 Å². The average Bonchev–Trinajstić information content (AvgIpc) is 2.53. The fourth-order valence-electron chi connectivity index (χ4n) is 2.34. The van der Waals surface area contributed by atoms with E-state index in [0.717, 1.165) is 22.6 Å². The molecule has 0 heterocycles. The van der Waals surface area contributed by atoms with Crippen LogP contribution in [-0.2, 0) is 4.79 Å². The number of aryl methyl sites for hydroxylation is 1. The number of rotatable bonds is 6. The van der Waals surface area contributed by atoms with Gasteiger partial charge in [0.15, 0.2) is 0 Å². The largest absolute Gasteiger partial charge is 0.496 e. The zero-order chi connectivity index (χ0) is 16.8. The second-order valence-electron chi connectivity index (χ2n) is 5.05. The van der Waals surface area contributed by atoms with E-state index in [4.69, 9.17) is 9.47 Å². The van der Waals surface area contributed by atoms with Gasteiger partial charge in [-0.3, -0.25) is 0 Å². The summed E-state index contributed by atoms with van der Waals surface area (Å²) in [5.41, 5.74) is 2.53. The molecule has 0 atom stereocenters. The van der Waals surface area contributed by atoms with Gasteiger partial charge in [0.1, 0.15) is 11.5 Å². The number of benzene rings is 2. The van der Waals surface area contributed by atoms with E-state index in [1.807, 2.05) is 44.2 Å². The molecule has 1 N–H and O–H groups in total. The zero-order valence-corrected chi connectivity index (χ0v) is 13.5. The van der Waals surface area contributed by atoms with E-state index in [1.165, 1.54) is 0 Å². The highest BCUT2D eigenvalue weighted by Gasteiger charge is 2.12. The molecule has 0 fully saturated rings. The van der Waals surface area contributed by atoms with Crippen LogP contribution in [0.4, 0.5) is 0 Å². The van der Waals surface area contributed by atoms with E-state index in [2.05, 4.69) is 0 Å². The molecule has 2 aromatic rings. The van der Waals surface area contributed by atoms with E-state index in [0.29, 0.717) is 12.2 Å². The normalized spacial score (nSPS) is 11.2. The predicted molar refractivity (Wildman–Crippen MR) is 90.8 cm³/mol. The maximum Gasteiger partial charge on any atom is 0.336 e. The molecule has 4 heteroatoms. The molecule has 0 aliphatic carbocycles. The van der Waals surface area contributed by atoms with Gasteiger partial charge in [-0.2, -0.15) is 0 Å². The highest BCUT2D eigenvalue weighted by molar-refractivity contribution is 6.20. The summed E-state index contributed by atoms with van der Waals surface area (Å²) in [5.74, 6) is 0.477. The Bertz CT molecular complexity index is 732. The second kappa shape index (κ2) is 7.49. The van der Waals surface area contributed by atoms with Gasteiger partial charge in [0.05, 0.1) is 19.3 Å². The summed E-state index contributed by atoms with van der Waals surface area (Å²) in [7, 11) is 1.59. The molecule has 0 spiro atoms. The van der Waals surface area contributed by atoms with Crippen LogP contribution in [0.1, 0.15) is 23.6 Å². The van der Waals surface area contributed by atoms with Crippen molar-refractivity contribution in [2.75, 3.05) is 13.7 Å². The molecule has 0 aliphatic rings. The van der Waals surface area contributed by atoms with E-state index in [1.54, 1.807) is 25.3 Å². The smallest absolute Gasteiger partial charge is 0.336 e. The second-order valence-corrected chi connectivity index (χ2v) is 5.05. The highest BCUT2D eigenvalue weighted by Crippen LogP contribution is 2.26. The first-order chi connectivity index (χ1) is 11.0. The first-order valence-electron chi connectivity index (χ1n) is 7.38. The highest BCUT2D eigenvalue weighted by atomic mass is 16.5. The Kier molecular flexibility index (Phi) is 5.41. The Labute approximate surface area is 136 Å². The lowest BCUT2D eigenvalue weighted by Crippen LogP contribution is -2.01. The predicted octanol–water partition coefficient (Wildman–Crippen LogP) is 4.03. The van der Waals surface area contributed by atoms with Crippen molar-refractivity contribution in [3.63, 3.8) is 0 Å². The minimum Gasteiger partial charge on any atom is -0.496 e. The number of hydrogen-bond donors (Lipinski definition) is 1. The van der Waals surface area contributed by atoms with Gasteiger partial charge in [-0.05, 0) is 60.9 Å². The van der Waals surface area contributed by atoms with Gasteiger partial charge in [0.2, 0.25) is 0 Å². The molecular weight excluding hydrogens is 292 g/mol. The first-order valence-corrected chi connectivity index (χ1v) is 7.38. The maximum absolute atomic E-state index is 11.6. The lowest BCUT2D eigenvalue weighted by atomic mass is 10.0. The van der Waals surface area contributed by atoms with E-state index in [9.17, 15) is 9.90 Å². The van der Waals surface area contributed by atoms with Crippen molar-refractivity contribution in [2.45, 2.75) is 13.8 Å². The van der Waals surface area contributed by atoms with Crippen LogP contribution in [0.25, 0.3) is 11.6 Å². The van der Waals surface area contributed by atoms with E-state index < -0.39 is 5.97 Å². The molecule has 0 amide bonds. The first kappa shape index (κ1) is 16.6. The maximum atomic E-state index is 11.6. The Morgan fingerprint density at radius 1 is 1.22 bits per heavy atom. The molecule has 0 unspecified atom stereocenters. The third kappa shape index (κ3) is 4.13. The van der Waals surface area contributed by atoms with Gasteiger partial charge < -0.3 is 14.6 Å². The SMILES string of the molecule is CCOc1cccc(/C=C(\C(=O)O)c2ccc(OC)c(C)c2)c1. The van der Waals surface area contributed by atoms with Crippen molar-refractivity contribution in [2.24, 2.45) is 0 Å². The summed E-state index contributed by atoms with van der Waals surface area (Å²) in [6, 6.07) is 12.7. The molecule has 120 valence electrons. The molecule has 4 nitrogen and oxygen atoms in total.